The fourth-order valence-electron chi connectivity index (χ4n) is 4.53. The zero-order valence-electron chi connectivity index (χ0n) is 21.2. The van der Waals surface area contributed by atoms with Crippen LogP contribution in [0.25, 0.3) is 5.65 Å². The van der Waals surface area contributed by atoms with Crippen molar-refractivity contribution in [3.63, 3.8) is 0 Å². The molecule has 2 saturated heterocycles. The van der Waals surface area contributed by atoms with E-state index in [1.165, 1.54) is 25.1 Å². The predicted octanol–water partition coefficient (Wildman–Crippen LogP) is 3.14. The molecule has 3 aromatic rings. The van der Waals surface area contributed by atoms with E-state index in [2.05, 4.69) is 30.1 Å². The lowest BCUT2D eigenvalue weighted by Gasteiger charge is -2.37. The third-order valence-electron chi connectivity index (χ3n) is 6.26. The van der Waals surface area contributed by atoms with Gasteiger partial charge in [0, 0.05) is 50.3 Å². The van der Waals surface area contributed by atoms with Gasteiger partial charge in [0.15, 0.2) is 11.5 Å². The standard InChI is InChI=1S/C22H26FN7O2.C2HF3O2/c1-3-32-21-17(10-24-22(27-21)29-8-7-28-6-4-5-16(28)13-29)20(31)26-15-9-18(23)19-25-14(2)11-30(19)12-15;3-2(4,5)1(6)7/h9-12,16H,3-8,13H2,1-2H3,(H,26,31);(H,6,7). The second-order valence-corrected chi connectivity index (χ2v) is 9.05. The highest BCUT2D eigenvalue weighted by molar-refractivity contribution is 6.05. The number of carboxylic acid groups (broad SMARTS) is 1. The summed E-state index contributed by atoms with van der Waals surface area (Å²) in [5, 5.41) is 9.85. The Morgan fingerprint density at radius 2 is 1.95 bits per heavy atom. The molecule has 2 aliphatic heterocycles. The molecule has 2 N–H and O–H groups in total. The third-order valence-corrected chi connectivity index (χ3v) is 6.26. The van der Waals surface area contributed by atoms with Crippen molar-refractivity contribution >= 4 is 29.2 Å². The summed E-state index contributed by atoms with van der Waals surface area (Å²) in [4.78, 5) is 39.7. The average molecular weight is 554 g/mol. The minimum atomic E-state index is -5.08. The van der Waals surface area contributed by atoms with E-state index in [0.29, 0.717) is 30.0 Å². The molecule has 5 heterocycles. The van der Waals surface area contributed by atoms with Crippen LogP contribution < -0.4 is 15.0 Å². The van der Waals surface area contributed by atoms with E-state index >= 15 is 0 Å². The van der Waals surface area contributed by atoms with Gasteiger partial charge in [0.2, 0.25) is 11.8 Å². The second-order valence-electron chi connectivity index (χ2n) is 9.05. The molecule has 11 nitrogen and oxygen atoms in total. The number of imidazole rings is 1. The predicted molar refractivity (Wildman–Crippen MR) is 132 cm³/mol. The molecule has 1 atom stereocenters. The van der Waals surface area contributed by atoms with E-state index in [0.717, 1.165) is 26.2 Å². The molecular formula is C24H27F4N7O4. The fourth-order valence-corrected chi connectivity index (χ4v) is 4.53. The van der Waals surface area contributed by atoms with Crippen LogP contribution in [0, 0.1) is 12.7 Å². The highest BCUT2D eigenvalue weighted by Crippen LogP contribution is 2.26. The van der Waals surface area contributed by atoms with Crippen LogP contribution in [0.2, 0.25) is 0 Å². The second kappa shape index (κ2) is 11.4. The van der Waals surface area contributed by atoms with Crippen molar-refractivity contribution in [1.82, 2.24) is 24.3 Å². The monoisotopic (exact) mass is 553 g/mol. The van der Waals surface area contributed by atoms with Crippen LogP contribution in [0.3, 0.4) is 0 Å². The number of amides is 1. The van der Waals surface area contributed by atoms with Gasteiger partial charge < -0.3 is 24.5 Å². The third kappa shape index (κ3) is 6.53. The number of alkyl halides is 3. The summed E-state index contributed by atoms with van der Waals surface area (Å²) in [6.07, 6.45) is 2.13. The van der Waals surface area contributed by atoms with Crippen LogP contribution >= 0.6 is 0 Å². The van der Waals surface area contributed by atoms with Gasteiger partial charge in [-0.25, -0.2) is 19.2 Å². The number of aliphatic carboxylic acids is 1. The minimum Gasteiger partial charge on any atom is -0.477 e. The number of halogens is 4. The van der Waals surface area contributed by atoms with Crippen LogP contribution in [0.4, 0.5) is 29.2 Å². The number of aryl methyl sites for hydroxylation is 1. The van der Waals surface area contributed by atoms with Crippen LogP contribution in [0.5, 0.6) is 5.88 Å². The number of hydrogen-bond donors (Lipinski definition) is 2. The smallest absolute Gasteiger partial charge is 0.477 e. The first-order chi connectivity index (χ1) is 18.5. The normalized spacial score (nSPS) is 17.4. The summed E-state index contributed by atoms with van der Waals surface area (Å²) in [5.41, 5.74) is 1.41. The first-order valence-electron chi connectivity index (χ1n) is 12.2. The molecule has 0 spiro atoms. The minimum absolute atomic E-state index is 0.206. The number of piperazine rings is 1. The molecule has 0 radical (unpaired) electrons. The number of nitrogens with zero attached hydrogens (tertiary/aromatic N) is 6. The summed E-state index contributed by atoms with van der Waals surface area (Å²) in [5.74, 6) is -2.94. The molecule has 15 heteroatoms. The number of carbonyl (C=O) groups excluding carboxylic acids is 1. The highest BCUT2D eigenvalue weighted by Gasteiger charge is 2.38. The SMILES string of the molecule is CCOc1nc(N2CCN3CCCC3C2)ncc1C(=O)Nc1cc(F)c2nc(C)cn2c1.O=C(O)C(F)(F)F. The van der Waals surface area contributed by atoms with Gasteiger partial charge in [0.1, 0.15) is 5.56 Å². The summed E-state index contributed by atoms with van der Waals surface area (Å²) in [7, 11) is 0. The maximum absolute atomic E-state index is 14.4. The van der Waals surface area contributed by atoms with E-state index in [1.54, 1.807) is 23.7 Å². The Bertz CT molecular complexity index is 1360. The Kier molecular flexibility index (Phi) is 8.18. The van der Waals surface area contributed by atoms with Crippen molar-refractivity contribution in [3.8, 4) is 5.88 Å². The highest BCUT2D eigenvalue weighted by atomic mass is 19.4. The summed E-state index contributed by atoms with van der Waals surface area (Å²) in [6.45, 7) is 7.85. The van der Waals surface area contributed by atoms with Crippen LogP contribution in [0.1, 0.15) is 35.8 Å². The lowest BCUT2D eigenvalue weighted by Crippen LogP contribution is -2.50. The molecule has 0 bridgehead atoms. The molecule has 0 saturated carbocycles. The number of carbonyl (C=O) groups is 2. The maximum atomic E-state index is 14.4. The Hall–Kier alpha value is -4.01. The molecule has 0 aromatic carbocycles. The number of rotatable bonds is 5. The maximum Gasteiger partial charge on any atom is 0.490 e. The molecule has 39 heavy (non-hydrogen) atoms. The molecule has 1 unspecified atom stereocenters. The van der Waals surface area contributed by atoms with E-state index in [9.17, 15) is 22.4 Å². The molecule has 210 valence electrons. The Balaban J connectivity index is 0.000000448. The average Bonchev–Trinajstić information content (AvgIpc) is 3.49. The van der Waals surface area contributed by atoms with E-state index in [4.69, 9.17) is 14.6 Å². The van der Waals surface area contributed by atoms with Gasteiger partial charge in [0.05, 0.1) is 18.0 Å². The Morgan fingerprint density at radius 1 is 1.21 bits per heavy atom. The number of aromatic nitrogens is 4. The number of carboxylic acids is 1. The zero-order chi connectivity index (χ0) is 28.3. The lowest BCUT2D eigenvalue weighted by atomic mass is 10.1. The zero-order valence-corrected chi connectivity index (χ0v) is 21.2. The fraction of sp³-hybridized carbons (Fsp3) is 0.458. The molecule has 0 aliphatic carbocycles. The summed E-state index contributed by atoms with van der Waals surface area (Å²) < 4.78 is 53.3. The van der Waals surface area contributed by atoms with Crippen LogP contribution in [-0.2, 0) is 4.79 Å². The molecule has 1 amide bonds. The number of pyridine rings is 1. The Labute approximate surface area is 220 Å². The Morgan fingerprint density at radius 3 is 2.64 bits per heavy atom. The van der Waals surface area contributed by atoms with Crippen LogP contribution in [0.15, 0.2) is 24.7 Å². The van der Waals surface area contributed by atoms with Crippen molar-refractivity contribution in [1.29, 1.82) is 0 Å². The molecule has 2 fully saturated rings. The van der Waals surface area contributed by atoms with Crippen molar-refractivity contribution in [2.24, 2.45) is 0 Å². The number of ether oxygens (including phenoxy) is 1. The van der Waals surface area contributed by atoms with Gasteiger partial charge >= 0.3 is 12.1 Å². The lowest BCUT2D eigenvalue weighted by molar-refractivity contribution is -0.192. The number of fused-ring (bicyclic) bond motifs is 2. The van der Waals surface area contributed by atoms with Crippen molar-refractivity contribution < 1.29 is 37.0 Å². The summed E-state index contributed by atoms with van der Waals surface area (Å²) >= 11 is 0. The largest absolute Gasteiger partial charge is 0.490 e. The van der Waals surface area contributed by atoms with Gasteiger partial charge in [-0.1, -0.05) is 0 Å². The van der Waals surface area contributed by atoms with Crippen molar-refractivity contribution in [2.75, 3.05) is 43.0 Å². The number of anilines is 2. The van der Waals surface area contributed by atoms with Gasteiger partial charge in [-0.05, 0) is 33.2 Å². The molecule has 2 aliphatic rings. The molecular weight excluding hydrogens is 526 g/mol. The van der Waals surface area contributed by atoms with Crippen molar-refractivity contribution in [3.05, 3.63) is 41.7 Å². The summed E-state index contributed by atoms with van der Waals surface area (Å²) in [6, 6.07) is 1.78. The first kappa shape index (κ1) is 28.0. The van der Waals surface area contributed by atoms with Gasteiger partial charge in [-0.2, -0.15) is 18.2 Å². The van der Waals surface area contributed by atoms with E-state index < -0.39 is 23.9 Å². The molecule has 3 aromatic heterocycles. The molecule has 5 rings (SSSR count). The quantitative estimate of drug-likeness (QED) is 0.459. The topological polar surface area (TPSA) is 125 Å². The van der Waals surface area contributed by atoms with Crippen molar-refractivity contribution in [2.45, 2.75) is 38.9 Å². The van der Waals surface area contributed by atoms with Gasteiger partial charge in [-0.15, -0.1) is 0 Å². The van der Waals surface area contributed by atoms with E-state index in [1.807, 2.05) is 6.92 Å². The van der Waals surface area contributed by atoms with Crippen LogP contribution in [-0.4, -0.2) is 86.2 Å². The van der Waals surface area contributed by atoms with Gasteiger partial charge in [-0.3, -0.25) is 9.69 Å². The number of nitrogens with one attached hydrogen (secondary N) is 1. The first-order valence-corrected chi connectivity index (χ1v) is 12.2. The van der Waals surface area contributed by atoms with Gasteiger partial charge in [0.25, 0.3) is 5.91 Å². The van der Waals surface area contributed by atoms with E-state index in [-0.39, 0.29) is 17.1 Å². The number of hydrogen-bond acceptors (Lipinski definition) is 8.